The minimum atomic E-state index is -0.500. The van der Waals surface area contributed by atoms with Crippen LogP contribution in [0.1, 0.15) is 26.7 Å². The molecule has 0 radical (unpaired) electrons. The number of hydrogen-bond acceptors (Lipinski definition) is 2. The third-order valence-corrected chi connectivity index (χ3v) is 1.43. The third kappa shape index (κ3) is 22.8. The summed E-state index contributed by atoms with van der Waals surface area (Å²) in [6.45, 7) is 4.11. The molecule has 0 unspecified atom stereocenters. The molecular weight excluding hydrogens is 231 g/mol. The Balaban J connectivity index is -0.000000209. The summed E-state index contributed by atoms with van der Waals surface area (Å²) >= 11 is 8.32. The van der Waals surface area contributed by atoms with E-state index in [2.05, 4.69) is 49.3 Å². The van der Waals surface area contributed by atoms with Gasteiger partial charge >= 0.3 is 29.6 Å². The van der Waals surface area contributed by atoms with Crippen LogP contribution in [0, 0.1) is 0 Å². The van der Waals surface area contributed by atoms with Gasteiger partial charge in [-0.25, -0.2) is 0 Å². The van der Waals surface area contributed by atoms with Crippen LogP contribution in [0.5, 0.6) is 0 Å². The predicted octanol–water partition coefficient (Wildman–Crippen LogP) is 0.747. The Morgan fingerprint density at radius 1 is 1.29 bits per heavy atom. The molecule has 0 saturated heterocycles. The molecule has 0 saturated carbocycles. The summed E-state index contributed by atoms with van der Waals surface area (Å²) in [7, 11) is 0. The summed E-state index contributed by atoms with van der Waals surface area (Å²) in [6, 6.07) is 0.336. The maximum absolute atomic E-state index is 8.61. The van der Waals surface area contributed by atoms with Crippen LogP contribution in [-0.4, -0.2) is 56.2 Å². The number of hydrogen-bond donors (Lipinski definition) is 4. The standard InChI is InChI=1S/C6H13NOS.CH3NOS.Na.H/c1-3-5(4-2)7-6(8)9;2-1(3)4;;/h5H,3-4H2,1-2H3,(H2,7,8,9);(H3,2,3,4);;. The van der Waals surface area contributed by atoms with Gasteiger partial charge in [0.2, 0.25) is 0 Å². The van der Waals surface area contributed by atoms with Gasteiger partial charge in [0.1, 0.15) is 0 Å². The Morgan fingerprint density at radius 3 is 1.64 bits per heavy atom. The molecule has 0 bridgehead atoms. The molecule has 0 aliphatic heterocycles. The van der Waals surface area contributed by atoms with Gasteiger partial charge < -0.3 is 21.3 Å². The van der Waals surface area contributed by atoms with Gasteiger partial charge in [-0.1, -0.05) is 13.8 Å². The fourth-order valence-electron chi connectivity index (χ4n) is 0.667. The van der Waals surface area contributed by atoms with Crippen molar-refractivity contribution >= 4 is 64.3 Å². The van der Waals surface area contributed by atoms with Gasteiger partial charge in [0.25, 0.3) is 10.3 Å². The molecule has 4 nitrogen and oxygen atoms in total. The van der Waals surface area contributed by atoms with Crippen molar-refractivity contribution in [3.8, 4) is 0 Å². The fraction of sp³-hybridized carbons (Fsp3) is 0.714. The van der Waals surface area contributed by atoms with E-state index in [1.165, 1.54) is 0 Å². The first-order valence-corrected chi connectivity index (χ1v) is 4.73. The second-order valence-corrected chi connectivity index (χ2v) is 3.11. The molecule has 5 N–H and O–H groups in total. The van der Waals surface area contributed by atoms with E-state index in [4.69, 9.17) is 10.2 Å². The van der Waals surface area contributed by atoms with Gasteiger partial charge in [-0.15, -0.1) is 0 Å². The average molecular weight is 248 g/mol. The molecule has 0 amide bonds. The normalized spacial score (nSPS) is 7.93. The van der Waals surface area contributed by atoms with Crippen molar-refractivity contribution in [2.24, 2.45) is 5.73 Å². The van der Waals surface area contributed by atoms with Crippen LogP contribution in [0.25, 0.3) is 0 Å². The van der Waals surface area contributed by atoms with E-state index in [9.17, 15) is 0 Å². The zero-order chi connectivity index (χ0) is 10.9. The van der Waals surface area contributed by atoms with E-state index in [0.717, 1.165) is 12.8 Å². The molecule has 0 aromatic rings. The Labute approximate surface area is 118 Å². The van der Waals surface area contributed by atoms with Gasteiger partial charge in [0.15, 0.2) is 0 Å². The number of nitrogens with two attached hydrogens (primary N) is 1. The molecule has 0 aliphatic rings. The number of nitrogens with one attached hydrogen (secondary N) is 1. The molecule has 0 aromatic carbocycles. The number of rotatable bonds is 3. The van der Waals surface area contributed by atoms with Crippen LogP contribution in [-0.2, 0) is 0 Å². The number of aliphatic hydroxyl groups is 2. The SMILES string of the molecule is CCC(CC)NC(O)=S.NC(O)=S.[NaH]. The van der Waals surface area contributed by atoms with E-state index < -0.39 is 5.17 Å². The molecule has 0 heterocycles. The number of aliphatic hydroxyl groups excluding tert-OH is 2. The Hall–Kier alpha value is 0.380. The van der Waals surface area contributed by atoms with Crippen molar-refractivity contribution in [2.75, 3.05) is 0 Å². The minimum absolute atomic E-state index is 0. The van der Waals surface area contributed by atoms with E-state index in [-0.39, 0.29) is 34.7 Å². The summed E-state index contributed by atoms with van der Waals surface area (Å²) < 4.78 is 0. The molecule has 0 rings (SSSR count). The van der Waals surface area contributed by atoms with Crippen molar-refractivity contribution in [2.45, 2.75) is 32.7 Å². The molecule has 80 valence electrons. The quantitative estimate of drug-likeness (QED) is 0.436. The van der Waals surface area contributed by atoms with Gasteiger partial charge in [-0.05, 0) is 37.3 Å². The first kappa shape index (κ1) is 19.9. The predicted molar refractivity (Wildman–Crippen MR) is 69.3 cm³/mol. The Bertz CT molecular complexity index is 162. The molecule has 0 spiro atoms. The van der Waals surface area contributed by atoms with Gasteiger partial charge in [-0.2, -0.15) is 0 Å². The van der Waals surface area contributed by atoms with Crippen LogP contribution in [0.15, 0.2) is 0 Å². The summed E-state index contributed by atoms with van der Waals surface area (Å²) in [5.74, 6) is 0. The van der Waals surface area contributed by atoms with E-state index in [1.807, 2.05) is 0 Å². The molecule has 14 heavy (non-hydrogen) atoms. The van der Waals surface area contributed by atoms with E-state index in [1.54, 1.807) is 0 Å². The summed E-state index contributed by atoms with van der Waals surface area (Å²) in [5.41, 5.74) is 4.40. The van der Waals surface area contributed by atoms with Gasteiger partial charge in [0.05, 0.1) is 0 Å². The molecule has 0 atom stereocenters. The van der Waals surface area contributed by atoms with Crippen LogP contribution in [0.3, 0.4) is 0 Å². The molecule has 0 aliphatic carbocycles. The van der Waals surface area contributed by atoms with Crippen molar-refractivity contribution in [1.29, 1.82) is 0 Å². The zero-order valence-electron chi connectivity index (χ0n) is 7.78. The molecule has 0 fully saturated rings. The Morgan fingerprint density at radius 2 is 1.57 bits per heavy atom. The van der Waals surface area contributed by atoms with Crippen molar-refractivity contribution in [1.82, 2.24) is 5.32 Å². The summed E-state index contributed by atoms with van der Waals surface area (Å²) in [4.78, 5) is 0. The fourth-order valence-corrected chi connectivity index (χ4v) is 0.834. The zero-order valence-corrected chi connectivity index (χ0v) is 9.41. The first-order valence-electron chi connectivity index (χ1n) is 3.91. The van der Waals surface area contributed by atoms with Crippen LogP contribution in [0.4, 0.5) is 0 Å². The third-order valence-electron chi connectivity index (χ3n) is 1.31. The van der Waals surface area contributed by atoms with Crippen LogP contribution >= 0.6 is 24.4 Å². The van der Waals surface area contributed by atoms with Crippen molar-refractivity contribution in [3.05, 3.63) is 0 Å². The van der Waals surface area contributed by atoms with E-state index >= 15 is 0 Å². The second kappa shape index (κ2) is 13.4. The summed E-state index contributed by atoms with van der Waals surface area (Å²) in [6.07, 6.45) is 1.99. The topological polar surface area (TPSA) is 78.5 Å². The Kier molecular flexibility index (Phi) is 19.0. The van der Waals surface area contributed by atoms with Gasteiger partial charge in [-0.3, -0.25) is 0 Å². The maximum atomic E-state index is 8.61. The van der Waals surface area contributed by atoms with Crippen LogP contribution in [0.2, 0.25) is 0 Å². The van der Waals surface area contributed by atoms with Crippen molar-refractivity contribution in [3.63, 3.8) is 0 Å². The monoisotopic (exact) mass is 248 g/mol. The average Bonchev–Trinajstić information content (AvgIpc) is 1.98. The van der Waals surface area contributed by atoms with E-state index in [0.29, 0.717) is 6.04 Å². The molecular formula is C7H17N2NaO2S2. The van der Waals surface area contributed by atoms with Gasteiger partial charge in [0, 0.05) is 6.04 Å². The first-order chi connectivity index (χ1) is 5.93. The second-order valence-electron chi connectivity index (χ2n) is 2.30. The van der Waals surface area contributed by atoms with Crippen LogP contribution < -0.4 is 11.1 Å². The number of thiocarbonyl (C=S) groups is 2. The summed E-state index contributed by atoms with van der Waals surface area (Å²) in [5, 5.41) is 18.3. The molecule has 7 heteroatoms. The van der Waals surface area contributed by atoms with Crippen molar-refractivity contribution < 1.29 is 10.2 Å². The molecule has 0 aromatic heterocycles.